The first-order valence-electron chi connectivity index (χ1n) is 13.4. The fourth-order valence-electron chi connectivity index (χ4n) is 3.59. The standard InChI is InChI=1S/C27H54N2O4/c1-7-9-11-13-15-19-28(5)25(30)17-21-32-23-27(3,4)24-33-22-18-26(31)29(6)20-16-14-12-10-8-2/h7-24H2,1-6H3. The Hall–Kier alpha value is -1.14. The van der Waals surface area contributed by atoms with Crippen molar-refractivity contribution in [3.63, 3.8) is 0 Å². The first kappa shape index (κ1) is 31.9. The van der Waals surface area contributed by atoms with Crippen LogP contribution < -0.4 is 0 Å². The number of amides is 2. The second-order valence-electron chi connectivity index (χ2n) is 10.2. The van der Waals surface area contributed by atoms with Crippen molar-refractivity contribution in [2.45, 2.75) is 105 Å². The Morgan fingerprint density at radius 3 is 1.36 bits per heavy atom. The van der Waals surface area contributed by atoms with Gasteiger partial charge < -0.3 is 19.3 Å². The molecule has 6 nitrogen and oxygen atoms in total. The van der Waals surface area contributed by atoms with Gasteiger partial charge in [0.2, 0.25) is 11.8 Å². The number of carbonyl (C=O) groups is 2. The molecular weight excluding hydrogens is 416 g/mol. The number of rotatable bonds is 22. The lowest BCUT2D eigenvalue weighted by Crippen LogP contribution is -2.31. The Labute approximate surface area is 204 Å². The smallest absolute Gasteiger partial charge is 0.224 e. The maximum absolute atomic E-state index is 12.2. The normalized spacial score (nSPS) is 11.6. The Morgan fingerprint density at radius 2 is 1.00 bits per heavy atom. The predicted octanol–water partition coefficient (Wildman–Crippen LogP) is 5.68. The van der Waals surface area contributed by atoms with Crippen molar-refractivity contribution in [3.05, 3.63) is 0 Å². The molecule has 0 saturated heterocycles. The lowest BCUT2D eigenvalue weighted by molar-refractivity contribution is -0.131. The first-order chi connectivity index (χ1) is 15.7. The van der Waals surface area contributed by atoms with Crippen molar-refractivity contribution in [2.75, 3.05) is 53.6 Å². The molecule has 33 heavy (non-hydrogen) atoms. The SMILES string of the molecule is CCCCCCCN(C)C(=O)CCOCC(C)(C)COCCC(=O)N(C)CCCCCCC. The number of hydrogen-bond donors (Lipinski definition) is 0. The summed E-state index contributed by atoms with van der Waals surface area (Å²) in [6.45, 7) is 12.2. The van der Waals surface area contributed by atoms with Gasteiger partial charge in [-0.3, -0.25) is 9.59 Å². The Morgan fingerprint density at radius 1 is 0.636 bits per heavy atom. The molecule has 0 heterocycles. The van der Waals surface area contributed by atoms with Crippen LogP contribution >= 0.6 is 0 Å². The number of hydrogen-bond acceptors (Lipinski definition) is 4. The second-order valence-corrected chi connectivity index (χ2v) is 10.2. The van der Waals surface area contributed by atoms with Crippen LogP contribution in [0.15, 0.2) is 0 Å². The molecule has 0 aromatic heterocycles. The quantitative estimate of drug-likeness (QED) is 0.191. The first-order valence-corrected chi connectivity index (χ1v) is 13.4. The molecule has 2 amide bonds. The molecule has 0 aromatic rings. The zero-order chi connectivity index (χ0) is 25.0. The molecule has 196 valence electrons. The van der Waals surface area contributed by atoms with E-state index >= 15 is 0 Å². The summed E-state index contributed by atoms with van der Waals surface area (Å²) in [6.07, 6.45) is 12.9. The van der Waals surface area contributed by atoms with Crippen molar-refractivity contribution in [2.24, 2.45) is 5.41 Å². The summed E-state index contributed by atoms with van der Waals surface area (Å²) in [5, 5.41) is 0. The van der Waals surface area contributed by atoms with Gasteiger partial charge in [0.15, 0.2) is 0 Å². The molecule has 0 rings (SSSR count). The molecule has 0 aromatic carbocycles. The largest absolute Gasteiger partial charge is 0.380 e. The highest BCUT2D eigenvalue weighted by atomic mass is 16.5. The van der Waals surface area contributed by atoms with Gasteiger partial charge in [-0.05, 0) is 12.8 Å². The highest BCUT2D eigenvalue weighted by Gasteiger charge is 2.19. The van der Waals surface area contributed by atoms with Crippen LogP contribution in [-0.4, -0.2) is 75.2 Å². The van der Waals surface area contributed by atoms with Gasteiger partial charge in [0.25, 0.3) is 0 Å². The minimum Gasteiger partial charge on any atom is -0.380 e. The van der Waals surface area contributed by atoms with Crippen LogP contribution in [0.4, 0.5) is 0 Å². The number of ether oxygens (including phenoxy) is 2. The van der Waals surface area contributed by atoms with Gasteiger partial charge in [-0.1, -0.05) is 79.1 Å². The highest BCUT2D eigenvalue weighted by molar-refractivity contribution is 5.76. The van der Waals surface area contributed by atoms with Gasteiger partial charge >= 0.3 is 0 Å². The van der Waals surface area contributed by atoms with Crippen molar-refractivity contribution in [1.82, 2.24) is 9.80 Å². The summed E-state index contributed by atoms with van der Waals surface area (Å²) in [5.41, 5.74) is -0.150. The average Bonchev–Trinajstić information content (AvgIpc) is 2.78. The molecule has 0 aliphatic heterocycles. The van der Waals surface area contributed by atoms with Gasteiger partial charge in [0, 0.05) is 32.6 Å². The predicted molar refractivity (Wildman–Crippen MR) is 137 cm³/mol. The fourth-order valence-corrected chi connectivity index (χ4v) is 3.59. The average molecular weight is 471 g/mol. The van der Waals surface area contributed by atoms with Crippen LogP contribution in [0, 0.1) is 5.41 Å². The summed E-state index contributed by atoms with van der Waals surface area (Å²) in [6, 6.07) is 0. The molecule has 0 aliphatic carbocycles. The van der Waals surface area contributed by atoms with E-state index < -0.39 is 0 Å². The summed E-state index contributed by atoms with van der Waals surface area (Å²) < 4.78 is 11.5. The van der Waals surface area contributed by atoms with E-state index in [0.717, 1.165) is 25.9 Å². The molecule has 6 heteroatoms. The second kappa shape index (κ2) is 20.3. The molecular formula is C27H54N2O4. The van der Waals surface area contributed by atoms with Crippen LogP contribution in [-0.2, 0) is 19.1 Å². The molecule has 0 bridgehead atoms. The van der Waals surface area contributed by atoms with E-state index in [1.165, 1.54) is 51.4 Å². The van der Waals surface area contributed by atoms with Gasteiger partial charge in [-0.25, -0.2) is 0 Å². The van der Waals surface area contributed by atoms with Crippen molar-refractivity contribution >= 4 is 11.8 Å². The molecule has 0 atom stereocenters. The fraction of sp³-hybridized carbons (Fsp3) is 0.926. The van der Waals surface area contributed by atoms with Gasteiger partial charge in [0.1, 0.15) is 0 Å². The van der Waals surface area contributed by atoms with Gasteiger partial charge in [0.05, 0.1) is 39.3 Å². The molecule has 0 unspecified atom stereocenters. The van der Waals surface area contributed by atoms with E-state index in [4.69, 9.17) is 9.47 Å². The van der Waals surface area contributed by atoms with Crippen LogP contribution in [0.1, 0.15) is 105 Å². The zero-order valence-corrected chi connectivity index (χ0v) is 22.8. The van der Waals surface area contributed by atoms with Crippen LogP contribution in [0.25, 0.3) is 0 Å². The Balaban J connectivity index is 3.82. The summed E-state index contributed by atoms with van der Waals surface area (Å²) in [7, 11) is 3.76. The number of carbonyl (C=O) groups excluding carboxylic acids is 2. The van der Waals surface area contributed by atoms with E-state index in [1.807, 2.05) is 23.9 Å². The molecule has 0 N–H and O–H groups in total. The summed E-state index contributed by atoms with van der Waals surface area (Å²) in [4.78, 5) is 28.1. The van der Waals surface area contributed by atoms with Gasteiger partial charge in [-0.15, -0.1) is 0 Å². The van der Waals surface area contributed by atoms with Crippen LogP contribution in [0.2, 0.25) is 0 Å². The minimum absolute atomic E-state index is 0.146. The zero-order valence-electron chi connectivity index (χ0n) is 22.8. The van der Waals surface area contributed by atoms with E-state index in [2.05, 4.69) is 27.7 Å². The third-order valence-electron chi connectivity index (χ3n) is 5.95. The monoisotopic (exact) mass is 470 g/mol. The third-order valence-corrected chi connectivity index (χ3v) is 5.95. The van der Waals surface area contributed by atoms with E-state index in [1.54, 1.807) is 0 Å². The van der Waals surface area contributed by atoms with E-state index in [-0.39, 0.29) is 17.2 Å². The number of unbranched alkanes of at least 4 members (excludes halogenated alkanes) is 8. The lowest BCUT2D eigenvalue weighted by atomic mass is 9.96. The summed E-state index contributed by atoms with van der Waals surface area (Å²) in [5.74, 6) is 0.292. The summed E-state index contributed by atoms with van der Waals surface area (Å²) >= 11 is 0. The van der Waals surface area contributed by atoms with Gasteiger partial charge in [-0.2, -0.15) is 0 Å². The van der Waals surface area contributed by atoms with Crippen LogP contribution in [0.3, 0.4) is 0 Å². The van der Waals surface area contributed by atoms with E-state index in [0.29, 0.717) is 39.3 Å². The molecule has 0 spiro atoms. The Kier molecular flexibility index (Phi) is 19.6. The molecule has 0 radical (unpaired) electrons. The van der Waals surface area contributed by atoms with Crippen molar-refractivity contribution in [1.29, 1.82) is 0 Å². The highest BCUT2D eigenvalue weighted by Crippen LogP contribution is 2.16. The third kappa shape index (κ3) is 18.9. The maximum Gasteiger partial charge on any atom is 0.224 e. The van der Waals surface area contributed by atoms with Crippen molar-refractivity contribution < 1.29 is 19.1 Å². The Bertz CT molecular complexity index is 455. The minimum atomic E-state index is -0.150. The van der Waals surface area contributed by atoms with E-state index in [9.17, 15) is 9.59 Å². The topological polar surface area (TPSA) is 59.1 Å². The maximum atomic E-state index is 12.2. The number of nitrogens with zero attached hydrogens (tertiary/aromatic N) is 2. The molecule has 0 fully saturated rings. The van der Waals surface area contributed by atoms with Crippen molar-refractivity contribution in [3.8, 4) is 0 Å². The lowest BCUT2D eigenvalue weighted by Gasteiger charge is -2.25. The molecule has 0 saturated carbocycles. The van der Waals surface area contributed by atoms with Crippen LogP contribution in [0.5, 0.6) is 0 Å². The molecule has 0 aliphatic rings.